The molecule has 3 aromatic rings. The molecule has 204 valence electrons. The van der Waals surface area contributed by atoms with Gasteiger partial charge in [-0.15, -0.1) is 0 Å². The number of benzene rings is 3. The molecule has 1 N–H and O–H groups in total. The summed E-state index contributed by atoms with van der Waals surface area (Å²) in [5.74, 6) is -1.73. The Labute approximate surface area is 229 Å². The molecule has 0 spiro atoms. The fourth-order valence-corrected chi connectivity index (χ4v) is 6.09. The number of rotatable bonds is 10. The van der Waals surface area contributed by atoms with E-state index in [4.69, 9.17) is 0 Å². The van der Waals surface area contributed by atoms with E-state index in [1.54, 1.807) is 6.07 Å². The molecule has 3 aromatic carbocycles. The number of hydrogen-bond acceptors (Lipinski definition) is 5. The van der Waals surface area contributed by atoms with Crippen LogP contribution in [0, 0.1) is 6.92 Å². The number of hydrogen-bond donors (Lipinski definition) is 1. The molecular formula is C30H33N3O5S. The number of fused-ring (bicyclic) bond motifs is 1. The van der Waals surface area contributed by atoms with Crippen LogP contribution in [0.4, 0.5) is 0 Å². The van der Waals surface area contributed by atoms with Crippen LogP contribution in [0.1, 0.15) is 47.3 Å². The molecule has 0 fully saturated rings. The Bertz CT molecular complexity index is 1470. The van der Waals surface area contributed by atoms with E-state index >= 15 is 0 Å². The Kier molecular flexibility index (Phi) is 8.50. The van der Waals surface area contributed by atoms with Crippen LogP contribution in [0.5, 0.6) is 0 Å². The van der Waals surface area contributed by atoms with Gasteiger partial charge in [0, 0.05) is 19.0 Å². The number of carbonyl (C=O) groups excluding carboxylic acids is 3. The van der Waals surface area contributed by atoms with Gasteiger partial charge in [0.05, 0.1) is 5.56 Å². The van der Waals surface area contributed by atoms with E-state index in [1.165, 1.54) is 23.1 Å². The molecule has 0 saturated carbocycles. The highest BCUT2D eigenvalue weighted by Gasteiger charge is 2.43. The third kappa shape index (κ3) is 6.04. The summed E-state index contributed by atoms with van der Waals surface area (Å²) in [5, 5.41) is 2.99. The van der Waals surface area contributed by atoms with Crippen molar-refractivity contribution in [1.82, 2.24) is 14.5 Å². The van der Waals surface area contributed by atoms with Crippen LogP contribution in [-0.4, -0.2) is 54.0 Å². The fraction of sp³-hybridized carbons (Fsp3) is 0.300. The predicted molar refractivity (Wildman–Crippen MR) is 148 cm³/mol. The molecule has 0 aliphatic carbocycles. The van der Waals surface area contributed by atoms with E-state index in [1.807, 2.05) is 75.4 Å². The second-order valence-electron chi connectivity index (χ2n) is 9.78. The van der Waals surface area contributed by atoms with E-state index in [2.05, 4.69) is 5.32 Å². The van der Waals surface area contributed by atoms with Gasteiger partial charge in [0.2, 0.25) is 11.8 Å². The lowest BCUT2D eigenvalue weighted by molar-refractivity contribution is -0.141. The van der Waals surface area contributed by atoms with Crippen molar-refractivity contribution in [3.05, 3.63) is 101 Å². The zero-order valence-electron chi connectivity index (χ0n) is 22.3. The molecule has 0 unspecified atom stereocenters. The number of nitrogens with one attached hydrogen (secondary N) is 1. The average molecular weight is 548 g/mol. The quantitative estimate of drug-likeness (QED) is 0.417. The number of sulfonamides is 1. The van der Waals surface area contributed by atoms with Gasteiger partial charge in [-0.2, -0.15) is 0 Å². The topological polar surface area (TPSA) is 104 Å². The number of amides is 3. The largest absolute Gasteiger partial charge is 0.352 e. The van der Waals surface area contributed by atoms with Crippen LogP contribution in [0.25, 0.3) is 0 Å². The first-order valence-corrected chi connectivity index (χ1v) is 14.4. The van der Waals surface area contributed by atoms with Gasteiger partial charge in [0.1, 0.15) is 17.5 Å². The van der Waals surface area contributed by atoms with Crippen LogP contribution >= 0.6 is 0 Å². The minimum absolute atomic E-state index is 0.0334. The standard InChI is InChI=1S/C30H33N3O5S/c1-4-22(3)31-29(35)26(18-23-13-6-5-7-14-23)32(19-24-15-9-8-12-21(24)2)28(34)20-33-30(36)25-16-10-11-17-27(25)39(33,37)38/h5-17,22,26H,4,18-20H2,1-3H3,(H,31,35)/t22-,26+/m1/s1. The van der Waals surface area contributed by atoms with E-state index < -0.39 is 34.4 Å². The molecule has 0 saturated heterocycles. The Morgan fingerprint density at radius 1 is 0.949 bits per heavy atom. The van der Waals surface area contributed by atoms with Crippen LogP contribution in [0.2, 0.25) is 0 Å². The van der Waals surface area contributed by atoms with Gasteiger partial charge in [-0.1, -0.05) is 73.7 Å². The molecule has 8 nitrogen and oxygen atoms in total. The summed E-state index contributed by atoms with van der Waals surface area (Å²) in [6.07, 6.45) is 0.927. The van der Waals surface area contributed by atoms with Crippen molar-refractivity contribution >= 4 is 27.7 Å². The lowest BCUT2D eigenvalue weighted by Crippen LogP contribution is -2.54. The highest BCUT2D eigenvalue weighted by Crippen LogP contribution is 2.30. The van der Waals surface area contributed by atoms with E-state index in [0.29, 0.717) is 10.7 Å². The molecule has 2 atom stereocenters. The maximum absolute atomic E-state index is 14.0. The van der Waals surface area contributed by atoms with Crippen molar-refractivity contribution in [1.29, 1.82) is 0 Å². The monoisotopic (exact) mass is 547 g/mol. The minimum atomic E-state index is -4.20. The van der Waals surface area contributed by atoms with Crippen LogP contribution in [0.15, 0.2) is 83.8 Å². The Hall–Kier alpha value is -3.98. The van der Waals surface area contributed by atoms with Gasteiger partial charge in [0.25, 0.3) is 15.9 Å². The van der Waals surface area contributed by atoms with E-state index in [-0.39, 0.29) is 35.4 Å². The second kappa shape index (κ2) is 11.8. The third-order valence-electron chi connectivity index (χ3n) is 7.06. The second-order valence-corrected chi connectivity index (χ2v) is 11.6. The first-order valence-electron chi connectivity index (χ1n) is 13.0. The summed E-state index contributed by atoms with van der Waals surface area (Å²) in [6.45, 7) is 5.12. The van der Waals surface area contributed by atoms with Crippen molar-refractivity contribution in [3.63, 3.8) is 0 Å². The number of nitrogens with zero attached hydrogens (tertiary/aromatic N) is 2. The normalized spacial score (nSPS) is 15.4. The molecule has 4 rings (SSSR count). The highest BCUT2D eigenvalue weighted by atomic mass is 32.2. The van der Waals surface area contributed by atoms with E-state index in [9.17, 15) is 22.8 Å². The maximum atomic E-state index is 14.0. The lowest BCUT2D eigenvalue weighted by Gasteiger charge is -2.33. The van der Waals surface area contributed by atoms with Gasteiger partial charge in [0.15, 0.2) is 0 Å². The van der Waals surface area contributed by atoms with Crippen molar-refractivity contribution in [2.24, 2.45) is 0 Å². The minimum Gasteiger partial charge on any atom is -0.352 e. The van der Waals surface area contributed by atoms with Crippen LogP contribution in [0.3, 0.4) is 0 Å². The SMILES string of the molecule is CC[C@@H](C)NC(=O)[C@H](Cc1ccccc1)N(Cc1ccccc1C)C(=O)CN1C(=O)c2ccccc2S1(=O)=O. The Morgan fingerprint density at radius 3 is 2.26 bits per heavy atom. The van der Waals surface area contributed by atoms with Crippen LogP contribution < -0.4 is 5.32 Å². The Balaban J connectivity index is 1.73. The summed E-state index contributed by atoms with van der Waals surface area (Å²) < 4.78 is 27.0. The lowest BCUT2D eigenvalue weighted by atomic mass is 10.0. The molecule has 0 bridgehead atoms. The molecule has 1 aliphatic heterocycles. The number of carbonyl (C=O) groups is 3. The first-order chi connectivity index (χ1) is 18.6. The summed E-state index contributed by atoms with van der Waals surface area (Å²) in [5.41, 5.74) is 2.63. The van der Waals surface area contributed by atoms with Crippen molar-refractivity contribution in [2.75, 3.05) is 6.54 Å². The summed E-state index contributed by atoms with van der Waals surface area (Å²) >= 11 is 0. The van der Waals surface area contributed by atoms with E-state index in [0.717, 1.165) is 16.7 Å². The molecule has 3 amide bonds. The summed E-state index contributed by atoms with van der Waals surface area (Å²) in [4.78, 5) is 42.0. The predicted octanol–water partition coefficient (Wildman–Crippen LogP) is 3.69. The van der Waals surface area contributed by atoms with Gasteiger partial charge < -0.3 is 10.2 Å². The smallest absolute Gasteiger partial charge is 0.269 e. The molecule has 1 heterocycles. The fourth-order valence-electron chi connectivity index (χ4n) is 4.57. The molecule has 0 radical (unpaired) electrons. The van der Waals surface area contributed by atoms with Gasteiger partial charge in [-0.3, -0.25) is 14.4 Å². The molecule has 1 aliphatic rings. The van der Waals surface area contributed by atoms with Crippen molar-refractivity contribution in [2.45, 2.75) is 57.1 Å². The highest BCUT2D eigenvalue weighted by molar-refractivity contribution is 7.90. The average Bonchev–Trinajstić information content (AvgIpc) is 3.12. The van der Waals surface area contributed by atoms with Crippen LogP contribution in [-0.2, 0) is 32.6 Å². The summed E-state index contributed by atoms with van der Waals surface area (Å²) in [6, 6.07) is 21.7. The van der Waals surface area contributed by atoms with Gasteiger partial charge >= 0.3 is 0 Å². The number of aryl methyl sites for hydroxylation is 1. The molecule has 39 heavy (non-hydrogen) atoms. The zero-order valence-corrected chi connectivity index (χ0v) is 23.1. The van der Waals surface area contributed by atoms with Gasteiger partial charge in [-0.05, 0) is 49.1 Å². The molecular weight excluding hydrogens is 514 g/mol. The van der Waals surface area contributed by atoms with Crippen molar-refractivity contribution in [3.8, 4) is 0 Å². The Morgan fingerprint density at radius 2 is 1.59 bits per heavy atom. The van der Waals surface area contributed by atoms with Gasteiger partial charge in [-0.25, -0.2) is 12.7 Å². The molecule has 0 aromatic heterocycles. The first kappa shape index (κ1) is 28.0. The third-order valence-corrected chi connectivity index (χ3v) is 8.85. The summed E-state index contributed by atoms with van der Waals surface area (Å²) in [7, 11) is -4.20. The maximum Gasteiger partial charge on any atom is 0.269 e. The molecule has 9 heteroatoms. The zero-order chi connectivity index (χ0) is 28.2. The van der Waals surface area contributed by atoms with Crippen molar-refractivity contribution < 1.29 is 22.8 Å².